The summed E-state index contributed by atoms with van der Waals surface area (Å²) in [6, 6.07) is 11.2. The van der Waals surface area contributed by atoms with Gasteiger partial charge in [-0.25, -0.2) is 16.8 Å². The summed E-state index contributed by atoms with van der Waals surface area (Å²) in [4.78, 5) is 12.3. The van der Waals surface area contributed by atoms with Crippen LogP contribution >= 0.6 is 0 Å². The summed E-state index contributed by atoms with van der Waals surface area (Å²) in [5.41, 5.74) is 0.439. The number of hydrogen-bond acceptors (Lipinski definition) is 9. The Labute approximate surface area is 179 Å². The van der Waals surface area contributed by atoms with E-state index in [0.29, 0.717) is 11.3 Å². The van der Waals surface area contributed by atoms with E-state index in [-0.39, 0.29) is 27.4 Å². The zero-order valence-corrected chi connectivity index (χ0v) is 18.2. The average Bonchev–Trinajstić information content (AvgIpc) is 3.21. The highest BCUT2D eigenvalue weighted by Gasteiger charge is 2.21. The zero-order chi connectivity index (χ0) is 22.6. The van der Waals surface area contributed by atoms with Crippen LogP contribution in [0, 0.1) is 0 Å². The first-order valence-electron chi connectivity index (χ1n) is 8.98. The van der Waals surface area contributed by atoms with Crippen molar-refractivity contribution in [2.75, 3.05) is 23.9 Å². The van der Waals surface area contributed by atoms with Crippen LogP contribution < -0.4 is 10.1 Å². The SMILES string of the molecule is CCS(=O)(=O)c1ccc(-c2nnc(NC(=O)CS(=O)(=O)c3ccc(OC)cc3)o2)cc1. The van der Waals surface area contributed by atoms with Crippen LogP contribution in [0.5, 0.6) is 5.75 Å². The molecule has 0 aliphatic carbocycles. The van der Waals surface area contributed by atoms with Crippen LogP contribution in [0.25, 0.3) is 11.5 Å². The summed E-state index contributed by atoms with van der Waals surface area (Å²) < 4.78 is 58.8. The maximum atomic E-state index is 12.4. The van der Waals surface area contributed by atoms with Crippen molar-refractivity contribution in [3.63, 3.8) is 0 Å². The van der Waals surface area contributed by atoms with Gasteiger partial charge in [0.25, 0.3) is 0 Å². The van der Waals surface area contributed by atoms with Crippen LogP contribution in [0.1, 0.15) is 6.92 Å². The standard InChI is InChI=1S/C19H19N3O7S2/c1-3-30(24,25)15-8-4-13(5-9-15)18-21-22-19(29-18)20-17(23)12-31(26,27)16-10-6-14(28-2)7-11-16/h4-11H,3,12H2,1-2H3,(H,20,22,23). The van der Waals surface area contributed by atoms with E-state index in [1.165, 1.54) is 55.6 Å². The predicted octanol–water partition coefficient (Wildman–Crippen LogP) is 1.95. The fraction of sp³-hybridized carbons (Fsp3) is 0.211. The lowest BCUT2D eigenvalue weighted by Crippen LogP contribution is -2.23. The average molecular weight is 466 g/mol. The van der Waals surface area contributed by atoms with Crippen LogP contribution in [0.3, 0.4) is 0 Å². The summed E-state index contributed by atoms with van der Waals surface area (Å²) in [7, 11) is -5.77. The molecule has 0 aliphatic heterocycles. The first-order valence-corrected chi connectivity index (χ1v) is 12.3. The maximum absolute atomic E-state index is 12.4. The summed E-state index contributed by atoms with van der Waals surface area (Å²) in [6.45, 7) is 1.55. The number of carbonyl (C=O) groups is 1. The van der Waals surface area contributed by atoms with Crippen molar-refractivity contribution in [3.8, 4) is 17.2 Å². The highest BCUT2D eigenvalue weighted by atomic mass is 32.2. The lowest BCUT2D eigenvalue weighted by Gasteiger charge is -2.05. The number of ether oxygens (including phenoxy) is 1. The van der Waals surface area contributed by atoms with E-state index in [1.54, 1.807) is 6.92 Å². The largest absolute Gasteiger partial charge is 0.497 e. The van der Waals surface area contributed by atoms with Gasteiger partial charge in [-0.3, -0.25) is 10.1 Å². The van der Waals surface area contributed by atoms with Crippen molar-refractivity contribution in [1.82, 2.24) is 10.2 Å². The van der Waals surface area contributed by atoms with E-state index in [4.69, 9.17) is 9.15 Å². The molecule has 0 fully saturated rings. The Morgan fingerprint density at radius 3 is 2.10 bits per heavy atom. The minimum Gasteiger partial charge on any atom is -0.497 e. The fourth-order valence-electron chi connectivity index (χ4n) is 2.56. The second-order valence-electron chi connectivity index (χ2n) is 6.32. The van der Waals surface area contributed by atoms with Crippen molar-refractivity contribution >= 4 is 31.6 Å². The number of sulfone groups is 2. The number of nitrogens with zero attached hydrogens (tertiary/aromatic N) is 2. The Kier molecular flexibility index (Phi) is 6.41. The number of carbonyl (C=O) groups excluding carboxylic acids is 1. The van der Waals surface area contributed by atoms with Gasteiger partial charge in [-0.05, 0) is 48.5 Å². The minimum absolute atomic E-state index is 0.0253. The molecule has 0 atom stereocenters. The quantitative estimate of drug-likeness (QED) is 0.527. The molecule has 1 aromatic heterocycles. The molecule has 0 unspecified atom stereocenters. The van der Waals surface area contributed by atoms with E-state index in [2.05, 4.69) is 15.5 Å². The summed E-state index contributed by atoms with van der Waals surface area (Å²) in [5.74, 6) is -1.17. The number of methoxy groups -OCH3 is 1. The summed E-state index contributed by atoms with van der Waals surface area (Å²) >= 11 is 0. The van der Waals surface area contributed by atoms with Gasteiger partial charge in [0.2, 0.25) is 11.8 Å². The number of aromatic nitrogens is 2. The normalized spacial score (nSPS) is 11.8. The highest BCUT2D eigenvalue weighted by Crippen LogP contribution is 2.22. The van der Waals surface area contributed by atoms with Crippen LogP contribution in [-0.2, 0) is 24.5 Å². The van der Waals surface area contributed by atoms with Crippen molar-refractivity contribution in [1.29, 1.82) is 0 Å². The third-order valence-electron chi connectivity index (χ3n) is 4.25. The van der Waals surface area contributed by atoms with Crippen LogP contribution in [0.15, 0.2) is 62.7 Å². The van der Waals surface area contributed by atoms with Gasteiger partial charge in [0.15, 0.2) is 19.7 Å². The van der Waals surface area contributed by atoms with Gasteiger partial charge < -0.3 is 9.15 Å². The molecule has 1 heterocycles. The molecule has 3 aromatic rings. The van der Waals surface area contributed by atoms with Crippen LogP contribution in [0.4, 0.5) is 6.01 Å². The molecule has 1 amide bonds. The molecule has 0 aliphatic rings. The number of amides is 1. The van der Waals surface area contributed by atoms with Gasteiger partial charge in [-0.2, -0.15) is 0 Å². The van der Waals surface area contributed by atoms with E-state index >= 15 is 0 Å². The van der Waals surface area contributed by atoms with Gasteiger partial charge in [0, 0.05) is 5.56 Å². The lowest BCUT2D eigenvalue weighted by molar-refractivity contribution is -0.114. The monoisotopic (exact) mass is 465 g/mol. The van der Waals surface area contributed by atoms with Crippen molar-refractivity contribution in [2.24, 2.45) is 0 Å². The first kappa shape index (κ1) is 22.4. The number of benzene rings is 2. The van der Waals surface area contributed by atoms with Gasteiger partial charge >= 0.3 is 6.01 Å². The predicted molar refractivity (Wildman–Crippen MR) is 111 cm³/mol. The van der Waals surface area contributed by atoms with E-state index in [0.717, 1.165) is 0 Å². The molecule has 0 saturated heterocycles. The van der Waals surface area contributed by atoms with Gasteiger partial charge in [-0.15, -0.1) is 5.10 Å². The van der Waals surface area contributed by atoms with E-state index < -0.39 is 31.3 Å². The van der Waals surface area contributed by atoms with E-state index in [1.807, 2.05) is 0 Å². The Hall–Kier alpha value is -3.25. The lowest BCUT2D eigenvalue weighted by atomic mass is 10.2. The molecule has 10 nitrogen and oxygen atoms in total. The molecule has 2 aromatic carbocycles. The van der Waals surface area contributed by atoms with Gasteiger partial charge in [0.05, 0.1) is 22.7 Å². The minimum atomic E-state index is -3.89. The molecule has 164 valence electrons. The molecule has 31 heavy (non-hydrogen) atoms. The number of anilines is 1. The van der Waals surface area contributed by atoms with Crippen LogP contribution in [-0.4, -0.2) is 51.6 Å². The molecule has 0 saturated carbocycles. The molecular weight excluding hydrogens is 446 g/mol. The molecule has 1 N–H and O–H groups in total. The van der Waals surface area contributed by atoms with Gasteiger partial charge in [0.1, 0.15) is 11.5 Å². The Morgan fingerprint density at radius 1 is 0.935 bits per heavy atom. The number of hydrogen-bond donors (Lipinski definition) is 1. The third-order valence-corrected chi connectivity index (χ3v) is 7.63. The van der Waals surface area contributed by atoms with Crippen molar-refractivity contribution in [3.05, 3.63) is 48.5 Å². The topological polar surface area (TPSA) is 146 Å². The number of rotatable bonds is 8. The molecule has 3 rings (SSSR count). The highest BCUT2D eigenvalue weighted by molar-refractivity contribution is 7.92. The Morgan fingerprint density at radius 2 is 1.52 bits per heavy atom. The third kappa shape index (κ3) is 5.27. The summed E-state index contributed by atoms with van der Waals surface area (Å²) in [6.07, 6.45) is 0. The Bertz CT molecular complexity index is 1280. The Balaban J connectivity index is 1.68. The molecular formula is C19H19N3O7S2. The van der Waals surface area contributed by atoms with Crippen molar-refractivity contribution in [2.45, 2.75) is 16.7 Å². The summed E-state index contributed by atoms with van der Waals surface area (Å²) in [5, 5.41) is 9.69. The molecule has 12 heteroatoms. The zero-order valence-electron chi connectivity index (χ0n) is 16.6. The number of nitrogens with one attached hydrogen (secondary N) is 1. The smallest absolute Gasteiger partial charge is 0.322 e. The van der Waals surface area contributed by atoms with Crippen LogP contribution in [0.2, 0.25) is 0 Å². The maximum Gasteiger partial charge on any atom is 0.322 e. The molecule has 0 radical (unpaired) electrons. The second kappa shape index (κ2) is 8.86. The van der Waals surface area contributed by atoms with Crippen molar-refractivity contribution < 1.29 is 30.8 Å². The second-order valence-corrected chi connectivity index (χ2v) is 10.6. The molecule has 0 bridgehead atoms. The van der Waals surface area contributed by atoms with Gasteiger partial charge in [-0.1, -0.05) is 12.0 Å². The van der Waals surface area contributed by atoms with E-state index in [9.17, 15) is 21.6 Å². The molecule has 0 spiro atoms. The fourth-order valence-corrected chi connectivity index (χ4v) is 4.58. The first-order chi connectivity index (χ1) is 14.6.